The van der Waals surface area contributed by atoms with Gasteiger partial charge in [0.05, 0.1) is 12.0 Å². The van der Waals surface area contributed by atoms with Crippen LogP contribution in [0.15, 0.2) is 30.6 Å². The van der Waals surface area contributed by atoms with Gasteiger partial charge in [-0.1, -0.05) is 30.7 Å². The Balaban J connectivity index is 1.24. The molecular formula is C28H38ClN5O2. The number of anilines is 1. The van der Waals surface area contributed by atoms with Crippen molar-refractivity contribution in [3.8, 4) is 0 Å². The quantitative estimate of drug-likeness (QED) is 0.602. The minimum Gasteiger partial charge on any atom is -0.381 e. The molecule has 36 heavy (non-hydrogen) atoms. The van der Waals surface area contributed by atoms with Crippen LogP contribution in [0.2, 0.25) is 5.02 Å². The van der Waals surface area contributed by atoms with Gasteiger partial charge in [0.25, 0.3) is 0 Å². The van der Waals surface area contributed by atoms with Gasteiger partial charge in [-0.05, 0) is 62.1 Å². The standard InChI is InChI=1S/C28H38ClN5O2/c1-19-3-12-25-26(19)27(32-18-31-25)33-13-15-34(16-14-33)28(35)24(20-4-6-21(29)7-5-20)17-30-22-8-10-23(36-2)11-9-22/h4-7,18-19,22-24,30H,3,8-17H2,1-2H3/t19-,22?,23?,24-/m1/s1. The zero-order valence-electron chi connectivity index (χ0n) is 21.5. The first kappa shape index (κ1) is 25.4. The smallest absolute Gasteiger partial charge is 0.231 e. The molecular weight excluding hydrogens is 474 g/mol. The third kappa shape index (κ3) is 5.53. The van der Waals surface area contributed by atoms with Crippen molar-refractivity contribution in [1.82, 2.24) is 20.2 Å². The molecule has 194 valence electrons. The number of nitrogens with zero attached hydrogens (tertiary/aromatic N) is 4. The number of piperazine rings is 1. The number of benzene rings is 1. The Labute approximate surface area is 219 Å². The number of hydrogen-bond donors (Lipinski definition) is 1. The molecule has 0 bridgehead atoms. The maximum atomic E-state index is 13.8. The first-order chi connectivity index (χ1) is 17.5. The number of amides is 1. The molecule has 1 saturated heterocycles. The zero-order valence-corrected chi connectivity index (χ0v) is 22.2. The normalized spacial score (nSPS) is 25.0. The lowest BCUT2D eigenvalue weighted by Crippen LogP contribution is -2.51. The summed E-state index contributed by atoms with van der Waals surface area (Å²) < 4.78 is 5.52. The lowest BCUT2D eigenvalue weighted by atomic mass is 9.91. The molecule has 7 nitrogen and oxygen atoms in total. The SMILES string of the molecule is COC1CCC(NC[C@@H](C(=O)N2CCN(c3ncnc4c3[C@H](C)CC4)CC2)c2ccc(Cl)cc2)CC1. The minimum absolute atomic E-state index is 0.191. The monoisotopic (exact) mass is 511 g/mol. The van der Waals surface area contributed by atoms with Gasteiger partial charge in [-0.15, -0.1) is 0 Å². The van der Waals surface area contributed by atoms with Gasteiger partial charge in [-0.25, -0.2) is 9.97 Å². The predicted octanol–water partition coefficient (Wildman–Crippen LogP) is 4.16. The Kier molecular flexibility index (Phi) is 8.09. The minimum atomic E-state index is -0.225. The molecule has 2 fully saturated rings. The molecule has 0 spiro atoms. The molecule has 1 N–H and O–H groups in total. The second-order valence-corrected chi connectivity index (χ2v) is 11.0. The molecule has 1 saturated carbocycles. The van der Waals surface area contributed by atoms with Crippen molar-refractivity contribution in [3.63, 3.8) is 0 Å². The number of carbonyl (C=O) groups is 1. The summed E-state index contributed by atoms with van der Waals surface area (Å²) in [6.45, 7) is 5.90. The Bertz CT molecular complexity index is 1030. The molecule has 2 aliphatic carbocycles. The number of aryl methyl sites for hydroxylation is 1. The lowest BCUT2D eigenvalue weighted by Gasteiger charge is -2.38. The molecule has 1 amide bonds. The van der Waals surface area contributed by atoms with Crippen LogP contribution in [0.1, 0.15) is 67.7 Å². The molecule has 1 aromatic heterocycles. The highest BCUT2D eigenvalue weighted by Gasteiger charge is 2.32. The predicted molar refractivity (Wildman–Crippen MR) is 143 cm³/mol. The fourth-order valence-electron chi connectivity index (χ4n) is 6.06. The van der Waals surface area contributed by atoms with Crippen molar-refractivity contribution in [3.05, 3.63) is 52.4 Å². The molecule has 2 heterocycles. The van der Waals surface area contributed by atoms with E-state index >= 15 is 0 Å². The highest BCUT2D eigenvalue weighted by Crippen LogP contribution is 2.37. The van der Waals surface area contributed by atoms with Crippen LogP contribution in [0.3, 0.4) is 0 Å². The molecule has 2 aromatic rings. The second-order valence-electron chi connectivity index (χ2n) is 10.5. The van der Waals surface area contributed by atoms with Gasteiger partial charge >= 0.3 is 0 Å². The van der Waals surface area contributed by atoms with Crippen LogP contribution in [0.5, 0.6) is 0 Å². The Morgan fingerprint density at radius 3 is 2.50 bits per heavy atom. The number of hydrogen-bond acceptors (Lipinski definition) is 6. The van der Waals surface area contributed by atoms with E-state index in [9.17, 15) is 4.79 Å². The van der Waals surface area contributed by atoms with E-state index in [1.807, 2.05) is 29.2 Å². The number of halogens is 1. The van der Waals surface area contributed by atoms with Gasteiger partial charge in [-0.2, -0.15) is 0 Å². The van der Waals surface area contributed by atoms with Gasteiger partial charge in [0, 0.05) is 62.2 Å². The summed E-state index contributed by atoms with van der Waals surface area (Å²) in [6.07, 6.45) is 8.55. The average molecular weight is 512 g/mol. The van der Waals surface area contributed by atoms with Crippen LogP contribution in [0.25, 0.3) is 0 Å². The van der Waals surface area contributed by atoms with Crippen molar-refractivity contribution < 1.29 is 9.53 Å². The van der Waals surface area contributed by atoms with Gasteiger partial charge in [0.1, 0.15) is 12.1 Å². The number of ether oxygens (including phenoxy) is 1. The van der Waals surface area contributed by atoms with Gasteiger partial charge in [-0.3, -0.25) is 4.79 Å². The Morgan fingerprint density at radius 2 is 1.81 bits per heavy atom. The molecule has 0 radical (unpaired) electrons. The van der Waals surface area contributed by atoms with Crippen molar-refractivity contribution >= 4 is 23.3 Å². The summed E-state index contributed by atoms with van der Waals surface area (Å²) in [6, 6.07) is 8.19. The molecule has 2 atom stereocenters. The molecule has 1 aliphatic heterocycles. The van der Waals surface area contributed by atoms with E-state index in [2.05, 4.69) is 27.1 Å². The second kappa shape index (κ2) is 11.4. The Morgan fingerprint density at radius 1 is 1.08 bits per heavy atom. The van der Waals surface area contributed by atoms with E-state index in [0.29, 0.717) is 42.7 Å². The van der Waals surface area contributed by atoms with E-state index in [4.69, 9.17) is 16.3 Å². The topological polar surface area (TPSA) is 70.6 Å². The molecule has 5 rings (SSSR count). The molecule has 8 heteroatoms. The molecule has 1 aromatic carbocycles. The Hall–Kier alpha value is -2.22. The van der Waals surface area contributed by atoms with E-state index in [0.717, 1.165) is 63.0 Å². The van der Waals surface area contributed by atoms with Gasteiger partial charge in [0.2, 0.25) is 5.91 Å². The summed E-state index contributed by atoms with van der Waals surface area (Å²) >= 11 is 6.16. The fourth-order valence-corrected chi connectivity index (χ4v) is 6.19. The summed E-state index contributed by atoms with van der Waals surface area (Å²) in [5, 5.41) is 4.39. The first-order valence-corrected chi connectivity index (χ1v) is 13.8. The first-order valence-electron chi connectivity index (χ1n) is 13.4. The van der Waals surface area contributed by atoms with Crippen LogP contribution in [-0.4, -0.2) is 72.8 Å². The lowest BCUT2D eigenvalue weighted by molar-refractivity contribution is -0.133. The van der Waals surface area contributed by atoms with Crippen LogP contribution in [0.4, 0.5) is 5.82 Å². The third-order valence-corrected chi connectivity index (χ3v) is 8.58. The van der Waals surface area contributed by atoms with Crippen LogP contribution in [-0.2, 0) is 16.0 Å². The van der Waals surface area contributed by atoms with E-state index in [1.54, 1.807) is 13.4 Å². The fraction of sp³-hybridized carbons (Fsp3) is 0.607. The highest BCUT2D eigenvalue weighted by atomic mass is 35.5. The maximum absolute atomic E-state index is 13.8. The largest absolute Gasteiger partial charge is 0.381 e. The number of nitrogens with one attached hydrogen (secondary N) is 1. The van der Waals surface area contributed by atoms with Crippen LogP contribution < -0.4 is 10.2 Å². The number of carbonyl (C=O) groups excluding carboxylic acids is 1. The third-order valence-electron chi connectivity index (χ3n) is 8.33. The van der Waals surface area contributed by atoms with E-state index in [-0.39, 0.29) is 11.8 Å². The number of aromatic nitrogens is 2. The van der Waals surface area contributed by atoms with Crippen LogP contribution >= 0.6 is 11.6 Å². The maximum Gasteiger partial charge on any atom is 0.231 e. The summed E-state index contributed by atoms with van der Waals surface area (Å²) in [5.41, 5.74) is 3.52. The average Bonchev–Trinajstić information content (AvgIpc) is 3.31. The summed E-state index contributed by atoms with van der Waals surface area (Å²) in [7, 11) is 1.80. The highest BCUT2D eigenvalue weighted by molar-refractivity contribution is 6.30. The summed E-state index contributed by atoms with van der Waals surface area (Å²) in [4.78, 5) is 27.4. The van der Waals surface area contributed by atoms with Crippen molar-refractivity contribution in [2.24, 2.45) is 0 Å². The molecule has 0 unspecified atom stereocenters. The van der Waals surface area contributed by atoms with E-state index < -0.39 is 0 Å². The van der Waals surface area contributed by atoms with Gasteiger partial charge in [0.15, 0.2) is 0 Å². The van der Waals surface area contributed by atoms with Crippen molar-refractivity contribution in [1.29, 1.82) is 0 Å². The number of methoxy groups -OCH3 is 1. The van der Waals surface area contributed by atoms with E-state index in [1.165, 1.54) is 11.3 Å². The summed E-state index contributed by atoms with van der Waals surface area (Å²) in [5.74, 6) is 1.53. The number of rotatable bonds is 7. The van der Waals surface area contributed by atoms with Crippen molar-refractivity contribution in [2.45, 2.75) is 69.4 Å². The van der Waals surface area contributed by atoms with Crippen LogP contribution in [0, 0.1) is 0 Å². The number of fused-ring (bicyclic) bond motifs is 1. The van der Waals surface area contributed by atoms with Gasteiger partial charge < -0.3 is 19.9 Å². The van der Waals surface area contributed by atoms with Crippen molar-refractivity contribution in [2.75, 3.05) is 44.7 Å². The molecule has 3 aliphatic rings. The zero-order chi connectivity index (χ0) is 25.1.